The molecule has 2 aromatic heterocycles. The number of hydrogen-bond donors (Lipinski definition) is 2. The predicted molar refractivity (Wildman–Crippen MR) is 117 cm³/mol. The van der Waals surface area contributed by atoms with Gasteiger partial charge in [-0.05, 0) is 55.5 Å². The summed E-state index contributed by atoms with van der Waals surface area (Å²) in [5.74, 6) is 1.04. The Balaban J connectivity index is 1.42. The second-order valence-electron chi connectivity index (χ2n) is 7.99. The van der Waals surface area contributed by atoms with E-state index in [4.69, 9.17) is 16.3 Å². The molecule has 2 aliphatic rings. The van der Waals surface area contributed by atoms with Crippen LogP contribution in [-0.4, -0.2) is 46.2 Å². The van der Waals surface area contributed by atoms with Gasteiger partial charge in [0.2, 0.25) is 5.91 Å². The zero-order valence-corrected chi connectivity index (χ0v) is 17.4. The molecule has 1 amide bonds. The quantitative estimate of drug-likeness (QED) is 0.654. The van der Waals surface area contributed by atoms with Gasteiger partial charge in [-0.1, -0.05) is 17.7 Å². The van der Waals surface area contributed by atoms with Crippen LogP contribution in [0.25, 0.3) is 22.2 Å². The number of benzene rings is 1. The van der Waals surface area contributed by atoms with Crippen molar-refractivity contribution in [2.75, 3.05) is 25.1 Å². The summed E-state index contributed by atoms with van der Waals surface area (Å²) >= 11 is 6.46. The number of carbonyl (C=O) groups excluding carboxylic acids is 1. The van der Waals surface area contributed by atoms with Crippen LogP contribution in [0.4, 0.5) is 5.82 Å². The highest BCUT2D eigenvalue weighted by Crippen LogP contribution is 2.32. The third-order valence-electron chi connectivity index (χ3n) is 5.97. The number of aromatic nitrogens is 3. The van der Waals surface area contributed by atoms with E-state index in [2.05, 4.69) is 31.2 Å². The first-order valence-corrected chi connectivity index (χ1v) is 10.8. The molecule has 4 heterocycles. The van der Waals surface area contributed by atoms with Gasteiger partial charge in [0, 0.05) is 31.5 Å². The molecular weight excluding hydrogens is 402 g/mol. The summed E-state index contributed by atoms with van der Waals surface area (Å²) in [5.41, 5.74) is 3.85. The van der Waals surface area contributed by atoms with E-state index in [1.54, 1.807) is 6.20 Å². The number of amides is 1. The van der Waals surface area contributed by atoms with Gasteiger partial charge in [0.1, 0.15) is 5.82 Å². The van der Waals surface area contributed by atoms with Crippen LogP contribution in [0.3, 0.4) is 0 Å². The van der Waals surface area contributed by atoms with Crippen molar-refractivity contribution in [1.82, 2.24) is 19.9 Å². The van der Waals surface area contributed by atoms with Crippen LogP contribution in [0.5, 0.6) is 0 Å². The lowest BCUT2D eigenvalue weighted by Gasteiger charge is -2.26. The molecule has 1 aromatic carbocycles. The lowest BCUT2D eigenvalue weighted by molar-refractivity contribution is -0.119. The number of fused-ring (bicyclic) bond motifs is 1. The molecule has 2 saturated heterocycles. The van der Waals surface area contributed by atoms with E-state index in [0.717, 1.165) is 67.7 Å². The van der Waals surface area contributed by atoms with Crippen molar-refractivity contribution < 1.29 is 9.53 Å². The summed E-state index contributed by atoms with van der Waals surface area (Å²) in [6, 6.07) is 7.83. The number of rotatable bonds is 5. The Labute approximate surface area is 179 Å². The Morgan fingerprint density at radius 2 is 2.07 bits per heavy atom. The first-order valence-electron chi connectivity index (χ1n) is 10.4. The summed E-state index contributed by atoms with van der Waals surface area (Å²) in [5, 5.41) is 6.52. The van der Waals surface area contributed by atoms with Crippen molar-refractivity contribution in [3.8, 4) is 11.1 Å². The molecule has 0 radical (unpaired) electrons. The van der Waals surface area contributed by atoms with Gasteiger partial charge in [-0.3, -0.25) is 4.79 Å². The van der Waals surface area contributed by atoms with Gasteiger partial charge >= 0.3 is 0 Å². The Kier molecular flexibility index (Phi) is 5.41. The summed E-state index contributed by atoms with van der Waals surface area (Å²) in [6.07, 6.45) is 6.50. The minimum Gasteiger partial charge on any atom is -0.381 e. The van der Waals surface area contributed by atoms with Crippen molar-refractivity contribution in [1.29, 1.82) is 0 Å². The van der Waals surface area contributed by atoms with Crippen molar-refractivity contribution in [3.05, 3.63) is 41.8 Å². The number of anilines is 1. The van der Waals surface area contributed by atoms with E-state index in [0.29, 0.717) is 16.8 Å². The van der Waals surface area contributed by atoms with Crippen molar-refractivity contribution in [2.45, 2.75) is 31.8 Å². The molecule has 5 rings (SSSR count). The molecule has 30 heavy (non-hydrogen) atoms. The van der Waals surface area contributed by atoms with Crippen molar-refractivity contribution >= 4 is 34.4 Å². The van der Waals surface area contributed by atoms with Gasteiger partial charge in [-0.25, -0.2) is 9.97 Å². The van der Waals surface area contributed by atoms with Crippen molar-refractivity contribution in [2.24, 2.45) is 5.92 Å². The van der Waals surface area contributed by atoms with Gasteiger partial charge in [-0.2, -0.15) is 0 Å². The van der Waals surface area contributed by atoms with Gasteiger partial charge in [0.05, 0.1) is 28.4 Å². The fraction of sp³-hybridized carbons (Fsp3) is 0.409. The largest absolute Gasteiger partial charge is 0.381 e. The second kappa shape index (κ2) is 8.34. The number of nitrogens with zero attached hydrogens (tertiary/aromatic N) is 3. The lowest BCUT2D eigenvalue weighted by Crippen LogP contribution is -2.50. The lowest BCUT2D eigenvalue weighted by atomic mass is 10.00. The minimum atomic E-state index is -0.137. The maximum atomic E-state index is 12.2. The van der Waals surface area contributed by atoms with Gasteiger partial charge in [-0.15, -0.1) is 0 Å². The molecule has 2 N–H and O–H groups in total. The molecule has 0 bridgehead atoms. The number of imidazole rings is 1. The van der Waals surface area contributed by atoms with E-state index in [1.807, 2.05) is 24.5 Å². The average Bonchev–Trinajstić information content (AvgIpc) is 3.11. The monoisotopic (exact) mass is 425 g/mol. The molecule has 3 aromatic rings. The van der Waals surface area contributed by atoms with Crippen LogP contribution in [0.2, 0.25) is 5.02 Å². The first kappa shape index (κ1) is 19.5. The van der Waals surface area contributed by atoms with E-state index in [-0.39, 0.29) is 11.9 Å². The van der Waals surface area contributed by atoms with Crippen LogP contribution in [0.1, 0.15) is 19.3 Å². The standard InChI is InChI=1S/C22H24ClN5O2/c23-17-11-25-21(27-22(29)19-3-6-24-19)10-16(17)15-1-2-18-20(9-15)28(13-26-18)12-14-4-7-30-8-5-14/h1-2,9-11,13-14,19,24H,3-8,12H2,(H,25,27,29). The minimum absolute atomic E-state index is 0.0630. The summed E-state index contributed by atoms with van der Waals surface area (Å²) in [6.45, 7) is 3.47. The molecule has 1 unspecified atom stereocenters. The molecule has 7 nitrogen and oxygen atoms in total. The smallest absolute Gasteiger partial charge is 0.242 e. The number of nitrogens with one attached hydrogen (secondary N) is 2. The van der Waals surface area contributed by atoms with Crippen molar-refractivity contribution in [3.63, 3.8) is 0 Å². The summed E-state index contributed by atoms with van der Waals surface area (Å²) < 4.78 is 7.70. The number of pyridine rings is 1. The Hall–Kier alpha value is -2.48. The molecule has 156 valence electrons. The van der Waals surface area contributed by atoms with E-state index < -0.39 is 0 Å². The maximum absolute atomic E-state index is 12.2. The molecular formula is C22H24ClN5O2. The summed E-state index contributed by atoms with van der Waals surface area (Å²) in [7, 11) is 0. The predicted octanol–water partition coefficient (Wildman–Crippen LogP) is 3.48. The number of ether oxygens (including phenoxy) is 1. The Morgan fingerprint density at radius 1 is 1.23 bits per heavy atom. The number of halogens is 1. The fourth-order valence-corrected chi connectivity index (χ4v) is 4.24. The molecule has 8 heteroatoms. The zero-order chi connectivity index (χ0) is 20.5. The summed E-state index contributed by atoms with van der Waals surface area (Å²) in [4.78, 5) is 21.1. The number of hydrogen-bond acceptors (Lipinski definition) is 5. The molecule has 0 aliphatic carbocycles. The average molecular weight is 426 g/mol. The van der Waals surface area contributed by atoms with Crippen LogP contribution < -0.4 is 10.6 Å². The van der Waals surface area contributed by atoms with E-state index >= 15 is 0 Å². The highest BCUT2D eigenvalue weighted by Gasteiger charge is 2.25. The Morgan fingerprint density at radius 3 is 2.83 bits per heavy atom. The Bertz CT molecular complexity index is 1070. The molecule has 0 saturated carbocycles. The molecule has 0 spiro atoms. The maximum Gasteiger partial charge on any atom is 0.242 e. The molecule has 2 fully saturated rings. The van der Waals surface area contributed by atoms with Gasteiger partial charge in [0.25, 0.3) is 0 Å². The highest BCUT2D eigenvalue weighted by atomic mass is 35.5. The fourth-order valence-electron chi connectivity index (χ4n) is 4.03. The highest BCUT2D eigenvalue weighted by molar-refractivity contribution is 6.33. The van der Waals surface area contributed by atoms with E-state index in [9.17, 15) is 4.79 Å². The topological polar surface area (TPSA) is 81.1 Å². The van der Waals surface area contributed by atoms with Crippen LogP contribution in [0.15, 0.2) is 36.8 Å². The zero-order valence-electron chi connectivity index (χ0n) is 16.6. The SMILES string of the molecule is O=C(Nc1cc(-c2ccc3ncn(CC4CCOCC4)c3c2)c(Cl)cn1)C1CCN1. The van der Waals surface area contributed by atoms with E-state index in [1.165, 1.54) is 0 Å². The third-order valence-corrected chi connectivity index (χ3v) is 6.28. The third kappa shape index (κ3) is 3.93. The molecule has 2 aliphatic heterocycles. The first-order chi connectivity index (χ1) is 14.7. The van der Waals surface area contributed by atoms with Crippen LogP contribution in [-0.2, 0) is 16.1 Å². The van der Waals surface area contributed by atoms with Crippen LogP contribution >= 0.6 is 11.6 Å². The van der Waals surface area contributed by atoms with Crippen LogP contribution in [0, 0.1) is 5.92 Å². The molecule has 1 atom stereocenters. The van der Waals surface area contributed by atoms with Gasteiger partial charge in [0.15, 0.2) is 0 Å². The normalized spacial score (nSPS) is 19.6. The number of carbonyl (C=O) groups is 1. The van der Waals surface area contributed by atoms with Gasteiger partial charge < -0.3 is 19.9 Å². The second-order valence-corrected chi connectivity index (χ2v) is 8.40.